The van der Waals surface area contributed by atoms with Crippen LogP contribution in [0.3, 0.4) is 0 Å². The minimum atomic E-state index is -0.327. The average Bonchev–Trinajstić information content (AvgIpc) is 3.38. The predicted octanol–water partition coefficient (Wildman–Crippen LogP) is 5.32. The number of aromatic amines is 1. The summed E-state index contributed by atoms with van der Waals surface area (Å²) in [6.45, 7) is 6.56. The first-order valence-corrected chi connectivity index (χ1v) is 14.2. The molecule has 2 fully saturated rings. The third-order valence-electron chi connectivity index (χ3n) is 8.88. The van der Waals surface area contributed by atoms with Crippen LogP contribution in [0.5, 0.6) is 5.75 Å². The molecule has 0 unspecified atom stereocenters. The molecule has 1 N–H and O–H groups in total. The lowest BCUT2D eigenvalue weighted by Crippen LogP contribution is -2.47. The Bertz CT molecular complexity index is 1510. The Hall–Kier alpha value is -3.52. The molecular formula is C31H38N6O2. The number of nitrogens with one attached hydrogen (secondary N) is 1. The molecule has 1 atom stereocenters. The Labute approximate surface area is 229 Å². The fourth-order valence-corrected chi connectivity index (χ4v) is 7.01. The number of benzene rings is 2. The predicted molar refractivity (Wildman–Crippen MR) is 152 cm³/mol. The zero-order chi connectivity index (χ0) is 27.0. The number of tetrazole rings is 1. The zero-order valence-electron chi connectivity index (χ0n) is 23.2. The molecule has 1 aliphatic heterocycles. The maximum Gasteiger partial charge on any atom is 0.253 e. The van der Waals surface area contributed by atoms with Crippen molar-refractivity contribution in [1.82, 2.24) is 30.1 Å². The maximum atomic E-state index is 13.8. The third kappa shape index (κ3) is 5.10. The van der Waals surface area contributed by atoms with Crippen molar-refractivity contribution in [1.29, 1.82) is 0 Å². The lowest BCUT2D eigenvalue weighted by Gasteiger charge is -2.47. The van der Waals surface area contributed by atoms with E-state index in [1.165, 1.54) is 44.1 Å². The van der Waals surface area contributed by atoms with Crippen molar-refractivity contribution < 1.29 is 4.74 Å². The van der Waals surface area contributed by atoms with Crippen LogP contribution in [-0.2, 0) is 6.54 Å². The molecule has 1 saturated heterocycles. The van der Waals surface area contributed by atoms with Gasteiger partial charge in [0.15, 0.2) is 5.82 Å². The van der Waals surface area contributed by atoms with E-state index in [1.54, 1.807) is 7.11 Å². The van der Waals surface area contributed by atoms with Gasteiger partial charge in [0.25, 0.3) is 5.56 Å². The van der Waals surface area contributed by atoms with E-state index in [0.717, 1.165) is 47.3 Å². The van der Waals surface area contributed by atoms with Gasteiger partial charge in [-0.3, -0.25) is 9.69 Å². The van der Waals surface area contributed by atoms with Crippen LogP contribution in [0.15, 0.2) is 47.3 Å². The van der Waals surface area contributed by atoms with Crippen LogP contribution in [0.25, 0.3) is 10.9 Å². The topological polar surface area (TPSA) is 88.9 Å². The number of fused-ring (bicyclic) bond motifs is 1. The molecule has 2 aromatic carbocycles. The van der Waals surface area contributed by atoms with Crippen LogP contribution in [0.4, 0.5) is 0 Å². The summed E-state index contributed by atoms with van der Waals surface area (Å²) in [6, 6.07) is 14.0. The summed E-state index contributed by atoms with van der Waals surface area (Å²) < 4.78 is 7.19. The molecule has 2 aliphatic rings. The van der Waals surface area contributed by atoms with E-state index in [0.29, 0.717) is 23.3 Å². The van der Waals surface area contributed by atoms with Crippen molar-refractivity contribution in [3.05, 3.63) is 80.9 Å². The number of piperidine rings is 1. The Morgan fingerprint density at radius 3 is 2.56 bits per heavy atom. The second-order valence-electron chi connectivity index (χ2n) is 11.7. The van der Waals surface area contributed by atoms with Gasteiger partial charge in [-0.2, -0.15) is 0 Å². The van der Waals surface area contributed by atoms with Crippen LogP contribution < -0.4 is 10.3 Å². The summed E-state index contributed by atoms with van der Waals surface area (Å²) in [4.78, 5) is 19.5. The number of likely N-dealkylation sites (tertiary alicyclic amines) is 1. The Kier molecular flexibility index (Phi) is 6.97. The summed E-state index contributed by atoms with van der Waals surface area (Å²) in [7, 11) is 1.67. The van der Waals surface area contributed by atoms with Gasteiger partial charge in [-0.05, 0) is 103 Å². The van der Waals surface area contributed by atoms with Crippen LogP contribution in [0, 0.1) is 19.3 Å². The minimum Gasteiger partial charge on any atom is -0.497 e. The quantitative estimate of drug-likeness (QED) is 0.366. The lowest BCUT2D eigenvalue weighted by molar-refractivity contribution is 0.0340. The van der Waals surface area contributed by atoms with Crippen molar-refractivity contribution >= 4 is 10.9 Å². The number of ether oxygens (including phenoxy) is 1. The highest BCUT2D eigenvalue weighted by Crippen LogP contribution is 2.45. The molecule has 1 aliphatic carbocycles. The number of rotatable bonds is 6. The normalized spacial score (nSPS) is 18.4. The van der Waals surface area contributed by atoms with Crippen molar-refractivity contribution in [2.75, 3.05) is 20.2 Å². The molecule has 6 rings (SSSR count). The fraction of sp³-hybridized carbons (Fsp3) is 0.484. The molecule has 0 bridgehead atoms. The summed E-state index contributed by atoms with van der Waals surface area (Å²) >= 11 is 0. The molecule has 0 amide bonds. The molecule has 8 nitrogen and oxygen atoms in total. The Balaban J connectivity index is 1.45. The van der Waals surface area contributed by atoms with Crippen molar-refractivity contribution in [3.63, 3.8) is 0 Å². The maximum absolute atomic E-state index is 13.8. The van der Waals surface area contributed by atoms with Crippen LogP contribution in [0.2, 0.25) is 0 Å². The third-order valence-corrected chi connectivity index (χ3v) is 8.88. The monoisotopic (exact) mass is 526 g/mol. The molecule has 0 radical (unpaired) electrons. The standard InChI is InChI=1S/C31H38N6O2/c1-21-16-22(2)27-24(17-21)18-26(30(38)32-27)28(36-15-7-14-31(20-36)12-5-4-6-13-31)29-33-34-35-37(29)19-23-8-10-25(39-3)11-9-23/h8-11,16-18,28H,4-7,12-15,19-20H2,1-3H3,(H,32,38)/t28-/m0/s1. The number of aryl methyl sites for hydroxylation is 2. The lowest BCUT2D eigenvalue weighted by atomic mass is 9.69. The minimum absolute atomic E-state index is 0.0679. The number of H-pyrrole nitrogens is 1. The first-order valence-electron chi connectivity index (χ1n) is 14.2. The van der Waals surface area contributed by atoms with E-state index >= 15 is 0 Å². The van der Waals surface area contributed by atoms with Gasteiger partial charge in [0.1, 0.15) is 11.8 Å². The Morgan fingerprint density at radius 2 is 1.79 bits per heavy atom. The average molecular weight is 527 g/mol. The summed E-state index contributed by atoms with van der Waals surface area (Å²) in [5.74, 6) is 1.53. The van der Waals surface area contributed by atoms with Crippen LogP contribution in [0.1, 0.15) is 79.1 Å². The molecule has 2 aromatic heterocycles. The first-order chi connectivity index (χ1) is 18.9. The molecule has 1 saturated carbocycles. The molecule has 39 heavy (non-hydrogen) atoms. The van der Waals surface area contributed by atoms with Gasteiger partial charge in [-0.25, -0.2) is 4.68 Å². The second kappa shape index (κ2) is 10.6. The number of hydrogen-bond donors (Lipinski definition) is 1. The number of hydrogen-bond acceptors (Lipinski definition) is 6. The molecule has 8 heteroatoms. The van der Waals surface area contributed by atoms with E-state index in [-0.39, 0.29) is 11.6 Å². The van der Waals surface area contributed by atoms with E-state index in [2.05, 4.69) is 57.5 Å². The van der Waals surface area contributed by atoms with Gasteiger partial charge in [0.2, 0.25) is 0 Å². The van der Waals surface area contributed by atoms with Gasteiger partial charge in [0, 0.05) is 12.1 Å². The van der Waals surface area contributed by atoms with E-state index in [9.17, 15) is 4.79 Å². The number of methoxy groups -OCH3 is 1. The number of aromatic nitrogens is 5. The summed E-state index contributed by atoms with van der Waals surface area (Å²) in [5, 5.41) is 14.1. The van der Waals surface area contributed by atoms with E-state index in [4.69, 9.17) is 4.74 Å². The van der Waals surface area contributed by atoms with Crippen molar-refractivity contribution in [2.45, 2.75) is 71.4 Å². The van der Waals surface area contributed by atoms with Gasteiger partial charge >= 0.3 is 0 Å². The molecular weight excluding hydrogens is 488 g/mol. The highest BCUT2D eigenvalue weighted by molar-refractivity contribution is 5.83. The van der Waals surface area contributed by atoms with E-state index < -0.39 is 0 Å². The molecule has 204 valence electrons. The molecule has 4 aromatic rings. The smallest absolute Gasteiger partial charge is 0.253 e. The molecule has 1 spiro atoms. The highest BCUT2D eigenvalue weighted by atomic mass is 16.5. The zero-order valence-corrected chi connectivity index (χ0v) is 23.2. The largest absolute Gasteiger partial charge is 0.497 e. The van der Waals surface area contributed by atoms with Crippen molar-refractivity contribution in [3.8, 4) is 5.75 Å². The number of pyridine rings is 1. The van der Waals surface area contributed by atoms with Gasteiger partial charge in [-0.1, -0.05) is 43.0 Å². The number of nitrogens with zero attached hydrogens (tertiary/aromatic N) is 5. The second-order valence-corrected chi connectivity index (χ2v) is 11.7. The molecule has 3 heterocycles. The fourth-order valence-electron chi connectivity index (χ4n) is 7.01. The highest BCUT2D eigenvalue weighted by Gasteiger charge is 2.41. The van der Waals surface area contributed by atoms with Crippen LogP contribution >= 0.6 is 0 Å². The van der Waals surface area contributed by atoms with Crippen molar-refractivity contribution in [2.24, 2.45) is 5.41 Å². The van der Waals surface area contributed by atoms with E-state index in [1.807, 2.05) is 28.9 Å². The van der Waals surface area contributed by atoms with Gasteiger partial charge in [-0.15, -0.1) is 5.10 Å². The summed E-state index contributed by atoms with van der Waals surface area (Å²) in [5.41, 5.74) is 5.19. The Morgan fingerprint density at radius 1 is 1.03 bits per heavy atom. The SMILES string of the molecule is COc1ccc(Cn2nnnc2[C@H](c2cc3cc(C)cc(C)c3[nH]c2=O)N2CCCC3(CCCCC3)C2)cc1. The summed E-state index contributed by atoms with van der Waals surface area (Å²) in [6.07, 6.45) is 8.83. The first kappa shape index (κ1) is 25.7. The van der Waals surface area contributed by atoms with Crippen LogP contribution in [-0.4, -0.2) is 50.3 Å². The van der Waals surface area contributed by atoms with Gasteiger partial charge in [0.05, 0.1) is 19.2 Å². The van der Waals surface area contributed by atoms with Gasteiger partial charge < -0.3 is 9.72 Å².